The van der Waals surface area contributed by atoms with Crippen LogP contribution in [0.5, 0.6) is 5.75 Å². The first kappa shape index (κ1) is 20.8. The average Bonchev–Trinajstić information content (AvgIpc) is 3.33. The zero-order chi connectivity index (χ0) is 22.2. The van der Waals surface area contributed by atoms with Crippen LogP contribution in [-0.2, 0) is 4.79 Å². The summed E-state index contributed by atoms with van der Waals surface area (Å²) in [6, 6.07) is 14.5. The van der Waals surface area contributed by atoms with Gasteiger partial charge >= 0.3 is 5.69 Å². The van der Waals surface area contributed by atoms with Crippen LogP contribution >= 0.6 is 0 Å². The van der Waals surface area contributed by atoms with E-state index in [1.807, 2.05) is 18.2 Å². The third-order valence-electron chi connectivity index (χ3n) is 6.91. The van der Waals surface area contributed by atoms with Gasteiger partial charge in [0.15, 0.2) is 0 Å². The summed E-state index contributed by atoms with van der Waals surface area (Å²) < 4.78 is 5.32. The number of hydrogen-bond donors (Lipinski definition) is 3. The number of ether oxygens (including phenoxy) is 1. The molecule has 0 radical (unpaired) electrons. The molecular weight excluding hydrogens is 406 g/mol. The predicted octanol–water partition coefficient (Wildman–Crippen LogP) is 2.37. The van der Waals surface area contributed by atoms with Crippen LogP contribution in [0.3, 0.4) is 0 Å². The Hall–Kier alpha value is -3.10. The second-order valence-corrected chi connectivity index (χ2v) is 8.88. The summed E-state index contributed by atoms with van der Waals surface area (Å²) in [6.45, 7) is 2.25. The second-order valence-electron chi connectivity index (χ2n) is 8.88. The number of likely N-dealkylation sites (tertiary alicyclic amines) is 2. The number of piperidine rings is 1. The van der Waals surface area contributed by atoms with Crippen molar-refractivity contribution in [1.82, 2.24) is 19.8 Å². The van der Waals surface area contributed by atoms with Crippen LogP contribution in [0.1, 0.15) is 24.3 Å². The smallest absolute Gasteiger partial charge is 0.323 e. The molecule has 2 saturated heterocycles. The number of aromatic amines is 2. The molecule has 5 rings (SSSR count). The SMILES string of the molecule is COc1ccc([C@H]2CN(C)[C@@H]3CCCN(CC(=O)Nc4ccc5[nH]c(=O)[nH]c5c4)[C@H]23)cc1. The zero-order valence-corrected chi connectivity index (χ0v) is 18.4. The molecule has 32 heavy (non-hydrogen) atoms. The van der Waals surface area contributed by atoms with Gasteiger partial charge in [-0.1, -0.05) is 12.1 Å². The van der Waals surface area contributed by atoms with Gasteiger partial charge < -0.3 is 24.9 Å². The number of amides is 1. The number of likely N-dealkylation sites (N-methyl/N-ethyl adjacent to an activating group) is 1. The molecule has 0 saturated carbocycles. The van der Waals surface area contributed by atoms with Gasteiger partial charge in [0.05, 0.1) is 24.7 Å². The van der Waals surface area contributed by atoms with E-state index in [2.05, 4.69) is 44.3 Å². The van der Waals surface area contributed by atoms with Gasteiger partial charge in [0.1, 0.15) is 5.75 Å². The number of fused-ring (bicyclic) bond motifs is 2. The summed E-state index contributed by atoms with van der Waals surface area (Å²) >= 11 is 0. The fraction of sp³-hybridized carbons (Fsp3) is 0.417. The highest BCUT2D eigenvalue weighted by atomic mass is 16.5. The molecule has 2 aliphatic rings. The number of H-pyrrole nitrogens is 2. The highest BCUT2D eigenvalue weighted by Gasteiger charge is 2.45. The lowest BCUT2D eigenvalue weighted by Gasteiger charge is -2.40. The average molecular weight is 436 g/mol. The number of nitrogens with zero attached hydrogens (tertiary/aromatic N) is 2. The Labute approximate surface area is 186 Å². The number of nitrogens with one attached hydrogen (secondary N) is 3. The van der Waals surface area contributed by atoms with E-state index in [1.54, 1.807) is 19.2 Å². The molecule has 1 aromatic heterocycles. The Morgan fingerprint density at radius 2 is 1.94 bits per heavy atom. The molecule has 0 spiro atoms. The van der Waals surface area contributed by atoms with Crippen molar-refractivity contribution in [3.8, 4) is 5.75 Å². The monoisotopic (exact) mass is 435 g/mol. The quantitative estimate of drug-likeness (QED) is 0.572. The standard InChI is InChI=1S/C24H29N5O3/c1-28-13-18(15-5-8-17(32-2)9-6-15)23-21(28)4-3-11-29(23)14-22(30)25-16-7-10-19-20(12-16)27-24(31)26-19/h5-10,12,18,21,23H,3-4,11,13-14H2,1-2H3,(H,25,30)(H2,26,27,31)/t18-,21-,23-/m1/s1. The molecule has 2 aromatic carbocycles. The second kappa shape index (κ2) is 8.44. The largest absolute Gasteiger partial charge is 0.497 e. The fourth-order valence-corrected chi connectivity index (χ4v) is 5.46. The number of anilines is 1. The molecule has 8 nitrogen and oxygen atoms in total. The molecular formula is C24H29N5O3. The van der Waals surface area contributed by atoms with E-state index in [0.717, 1.165) is 37.2 Å². The molecule has 3 atom stereocenters. The number of imidazole rings is 1. The van der Waals surface area contributed by atoms with Gasteiger partial charge in [0, 0.05) is 30.2 Å². The minimum atomic E-state index is -0.252. The van der Waals surface area contributed by atoms with Crippen LogP contribution in [0.15, 0.2) is 47.3 Å². The van der Waals surface area contributed by atoms with Crippen molar-refractivity contribution in [3.05, 3.63) is 58.5 Å². The number of carbonyl (C=O) groups is 1. The summed E-state index contributed by atoms with van der Waals surface area (Å²) in [4.78, 5) is 34.7. The maximum absolute atomic E-state index is 13.0. The highest BCUT2D eigenvalue weighted by molar-refractivity contribution is 5.94. The number of methoxy groups -OCH3 is 1. The maximum atomic E-state index is 13.0. The third-order valence-corrected chi connectivity index (χ3v) is 6.91. The Morgan fingerprint density at radius 1 is 1.16 bits per heavy atom. The van der Waals surface area contributed by atoms with Gasteiger partial charge in [-0.05, 0) is 62.3 Å². The van der Waals surface area contributed by atoms with E-state index in [1.165, 1.54) is 5.56 Å². The Balaban J connectivity index is 1.33. The number of carbonyl (C=O) groups excluding carboxylic acids is 1. The van der Waals surface area contributed by atoms with Gasteiger partial charge in [-0.3, -0.25) is 9.69 Å². The van der Waals surface area contributed by atoms with Crippen molar-refractivity contribution in [2.75, 3.05) is 39.1 Å². The number of aromatic nitrogens is 2. The summed E-state index contributed by atoms with van der Waals surface area (Å²) in [5.41, 5.74) is 3.13. The van der Waals surface area contributed by atoms with Gasteiger partial charge in [-0.15, -0.1) is 0 Å². The van der Waals surface area contributed by atoms with Crippen LogP contribution < -0.4 is 15.7 Å². The molecule has 168 valence electrons. The van der Waals surface area contributed by atoms with Crippen molar-refractivity contribution in [1.29, 1.82) is 0 Å². The topological polar surface area (TPSA) is 93.5 Å². The molecule has 2 aliphatic heterocycles. The lowest BCUT2D eigenvalue weighted by molar-refractivity contribution is -0.118. The summed E-state index contributed by atoms with van der Waals surface area (Å²) in [7, 11) is 3.87. The van der Waals surface area contributed by atoms with Crippen molar-refractivity contribution >= 4 is 22.6 Å². The Morgan fingerprint density at radius 3 is 2.72 bits per heavy atom. The summed E-state index contributed by atoms with van der Waals surface area (Å²) in [6.07, 6.45) is 2.24. The van der Waals surface area contributed by atoms with E-state index in [9.17, 15) is 9.59 Å². The van der Waals surface area contributed by atoms with Gasteiger partial charge in [-0.25, -0.2) is 4.79 Å². The maximum Gasteiger partial charge on any atom is 0.323 e. The number of hydrogen-bond acceptors (Lipinski definition) is 5. The van der Waals surface area contributed by atoms with Gasteiger partial charge in [0.2, 0.25) is 5.91 Å². The van der Waals surface area contributed by atoms with Crippen LogP contribution in [0.2, 0.25) is 0 Å². The Kier molecular flexibility index (Phi) is 5.48. The van der Waals surface area contributed by atoms with Crippen molar-refractivity contribution in [2.45, 2.75) is 30.8 Å². The van der Waals surface area contributed by atoms with Crippen LogP contribution in [0.4, 0.5) is 5.69 Å². The van der Waals surface area contributed by atoms with E-state index in [4.69, 9.17) is 4.74 Å². The van der Waals surface area contributed by atoms with E-state index in [-0.39, 0.29) is 11.6 Å². The van der Waals surface area contributed by atoms with Crippen molar-refractivity contribution < 1.29 is 9.53 Å². The number of benzene rings is 2. The molecule has 0 unspecified atom stereocenters. The highest BCUT2D eigenvalue weighted by Crippen LogP contribution is 2.39. The molecule has 8 heteroatoms. The first-order valence-corrected chi connectivity index (χ1v) is 11.1. The minimum absolute atomic E-state index is 0.0362. The molecule has 3 N–H and O–H groups in total. The van der Waals surface area contributed by atoms with Crippen molar-refractivity contribution in [2.24, 2.45) is 0 Å². The van der Waals surface area contributed by atoms with Crippen molar-refractivity contribution in [3.63, 3.8) is 0 Å². The first-order chi connectivity index (χ1) is 15.5. The van der Waals surface area contributed by atoms with E-state index >= 15 is 0 Å². The zero-order valence-electron chi connectivity index (χ0n) is 18.4. The minimum Gasteiger partial charge on any atom is -0.497 e. The fourth-order valence-electron chi connectivity index (χ4n) is 5.46. The normalized spacial score (nSPS) is 23.9. The summed E-state index contributed by atoms with van der Waals surface area (Å²) in [5.74, 6) is 1.17. The van der Waals surface area contributed by atoms with Gasteiger partial charge in [0.25, 0.3) is 0 Å². The molecule has 0 bridgehead atoms. The van der Waals surface area contributed by atoms with E-state index < -0.39 is 0 Å². The van der Waals surface area contributed by atoms with Gasteiger partial charge in [-0.2, -0.15) is 0 Å². The lowest BCUT2D eigenvalue weighted by atomic mass is 9.86. The molecule has 3 aromatic rings. The predicted molar refractivity (Wildman–Crippen MR) is 124 cm³/mol. The van der Waals surface area contributed by atoms with E-state index in [0.29, 0.717) is 35.8 Å². The number of rotatable bonds is 5. The molecule has 0 aliphatic carbocycles. The lowest BCUT2D eigenvalue weighted by Crippen LogP contribution is -2.52. The third kappa shape index (κ3) is 3.91. The van der Waals surface area contributed by atoms with Crippen LogP contribution in [0, 0.1) is 0 Å². The molecule has 3 heterocycles. The molecule has 2 fully saturated rings. The molecule has 1 amide bonds. The Bertz CT molecular complexity index is 1170. The summed E-state index contributed by atoms with van der Waals surface area (Å²) in [5, 5.41) is 3.00. The van der Waals surface area contributed by atoms with Crippen LogP contribution in [-0.4, -0.2) is 71.6 Å². The first-order valence-electron chi connectivity index (χ1n) is 11.1. The van der Waals surface area contributed by atoms with Crippen LogP contribution in [0.25, 0.3) is 11.0 Å².